The molecule has 1 amide bonds. The van der Waals surface area contributed by atoms with Crippen molar-refractivity contribution < 1.29 is 9.90 Å². The Morgan fingerprint density at radius 1 is 1.08 bits per heavy atom. The molecular formula is C14H9Cl2N5O2S. The summed E-state index contributed by atoms with van der Waals surface area (Å²) in [7, 11) is 1.41. The molecule has 0 saturated carbocycles. The van der Waals surface area contributed by atoms with Crippen molar-refractivity contribution >= 4 is 45.8 Å². The van der Waals surface area contributed by atoms with Crippen LogP contribution in [-0.2, 0) is 0 Å². The first-order chi connectivity index (χ1) is 11.5. The normalized spacial score (nSPS) is 10.6. The Balaban J connectivity index is 2.21. The van der Waals surface area contributed by atoms with Crippen molar-refractivity contribution in [2.75, 3.05) is 11.9 Å². The van der Waals surface area contributed by atoms with Gasteiger partial charge in [0.2, 0.25) is 10.6 Å². The Morgan fingerprint density at radius 3 is 2.29 bits per heavy atom. The molecule has 10 heteroatoms. The fourth-order valence-electron chi connectivity index (χ4n) is 1.90. The second-order valence-corrected chi connectivity index (χ2v) is 6.23. The quantitative estimate of drug-likeness (QED) is 0.734. The lowest BCUT2D eigenvalue weighted by atomic mass is 10.1. The van der Waals surface area contributed by atoms with E-state index in [0.717, 1.165) is 21.8 Å². The third kappa shape index (κ3) is 3.30. The maximum Gasteiger partial charge on any atom is 0.413 e. The molecule has 0 aliphatic rings. The van der Waals surface area contributed by atoms with Crippen LogP contribution in [0.1, 0.15) is 0 Å². The number of aromatic nitrogens is 4. The minimum absolute atomic E-state index is 0.0504. The summed E-state index contributed by atoms with van der Waals surface area (Å²) in [5.41, 5.74) is 1.34. The van der Waals surface area contributed by atoms with Crippen molar-refractivity contribution in [3.63, 3.8) is 0 Å². The summed E-state index contributed by atoms with van der Waals surface area (Å²) in [6, 6.07) is 9.29. The molecule has 0 spiro atoms. The lowest BCUT2D eigenvalue weighted by molar-refractivity contribution is 0.203. The van der Waals surface area contributed by atoms with Crippen LogP contribution in [0.15, 0.2) is 30.3 Å². The van der Waals surface area contributed by atoms with E-state index in [9.17, 15) is 9.90 Å². The number of halogens is 2. The van der Waals surface area contributed by atoms with Crippen molar-refractivity contribution in [2.45, 2.75) is 0 Å². The third-order valence-corrected chi connectivity index (χ3v) is 4.49. The number of carboxylic acid groups (broad SMARTS) is 1. The average Bonchev–Trinajstić information content (AvgIpc) is 2.99. The van der Waals surface area contributed by atoms with Gasteiger partial charge in [0.25, 0.3) is 0 Å². The van der Waals surface area contributed by atoms with Crippen molar-refractivity contribution in [1.82, 2.24) is 19.9 Å². The highest BCUT2D eigenvalue weighted by Crippen LogP contribution is 2.39. The minimum atomic E-state index is -1.12. The van der Waals surface area contributed by atoms with Gasteiger partial charge in [-0.1, -0.05) is 41.7 Å². The molecule has 1 N–H and O–H groups in total. The zero-order valence-electron chi connectivity index (χ0n) is 12.1. The van der Waals surface area contributed by atoms with E-state index < -0.39 is 6.09 Å². The van der Waals surface area contributed by atoms with Gasteiger partial charge in [-0.2, -0.15) is 15.0 Å². The van der Waals surface area contributed by atoms with Crippen LogP contribution in [0.3, 0.4) is 0 Å². The highest BCUT2D eigenvalue weighted by Gasteiger charge is 2.22. The van der Waals surface area contributed by atoms with Crippen LogP contribution >= 0.6 is 34.5 Å². The lowest BCUT2D eigenvalue weighted by Crippen LogP contribution is -2.23. The molecule has 0 saturated heterocycles. The van der Waals surface area contributed by atoms with Crippen molar-refractivity contribution in [3.8, 4) is 22.0 Å². The molecule has 0 bridgehead atoms. The van der Waals surface area contributed by atoms with E-state index >= 15 is 0 Å². The first kappa shape index (κ1) is 16.6. The molecule has 24 heavy (non-hydrogen) atoms. The molecule has 2 aromatic heterocycles. The zero-order valence-corrected chi connectivity index (χ0v) is 14.5. The van der Waals surface area contributed by atoms with Crippen LogP contribution in [-0.4, -0.2) is 38.2 Å². The van der Waals surface area contributed by atoms with E-state index in [0.29, 0.717) is 10.6 Å². The lowest BCUT2D eigenvalue weighted by Gasteiger charge is -2.07. The van der Waals surface area contributed by atoms with Gasteiger partial charge in [0.1, 0.15) is 4.88 Å². The Bertz CT molecular complexity index is 883. The number of amides is 1. The van der Waals surface area contributed by atoms with Crippen LogP contribution in [0, 0.1) is 0 Å². The SMILES string of the molecule is CN(C(=O)O)c1nc(-c2ccccc2)c(-c2nc(Cl)nc(Cl)n2)s1. The smallest absolute Gasteiger partial charge is 0.413 e. The number of nitrogens with zero attached hydrogens (tertiary/aromatic N) is 5. The Labute approximate surface area is 150 Å². The summed E-state index contributed by atoms with van der Waals surface area (Å²) < 4.78 is 0. The minimum Gasteiger partial charge on any atom is -0.465 e. The fraction of sp³-hybridized carbons (Fsp3) is 0.0714. The number of anilines is 1. The van der Waals surface area contributed by atoms with E-state index in [1.165, 1.54) is 7.05 Å². The number of hydrogen-bond donors (Lipinski definition) is 1. The molecule has 1 aromatic carbocycles. The molecular weight excluding hydrogens is 373 g/mol. The van der Waals surface area contributed by atoms with E-state index in [1.54, 1.807) is 0 Å². The third-order valence-electron chi connectivity index (χ3n) is 3.02. The van der Waals surface area contributed by atoms with Gasteiger partial charge in [-0.15, -0.1) is 0 Å². The summed E-state index contributed by atoms with van der Waals surface area (Å²) in [5, 5.41) is 9.35. The number of thiazole rings is 1. The monoisotopic (exact) mass is 381 g/mol. The van der Waals surface area contributed by atoms with E-state index in [1.807, 2.05) is 30.3 Å². The molecule has 7 nitrogen and oxygen atoms in total. The predicted octanol–water partition coefficient (Wildman–Crippen LogP) is 4.08. The second kappa shape index (κ2) is 6.68. The summed E-state index contributed by atoms with van der Waals surface area (Å²) in [6.07, 6.45) is -1.12. The average molecular weight is 382 g/mol. The van der Waals surface area contributed by atoms with Crippen molar-refractivity contribution in [2.24, 2.45) is 0 Å². The number of hydrogen-bond acceptors (Lipinski definition) is 6. The largest absolute Gasteiger partial charge is 0.465 e. The highest BCUT2D eigenvalue weighted by molar-refractivity contribution is 7.19. The van der Waals surface area contributed by atoms with Gasteiger partial charge in [-0.25, -0.2) is 9.78 Å². The first-order valence-electron chi connectivity index (χ1n) is 6.56. The predicted molar refractivity (Wildman–Crippen MR) is 92.8 cm³/mol. The summed E-state index contributed by atoms with van der Waals surface area (Å²) in [5.74, 6) is 0.237. The fourth-order valence-corrected chi connectivity index (χ4v) is 3.25. The highest BCUT2D eigenvalue weighted by atomic mass is 35.5. The van der Waals surface area contributed by atoms with Gasteiger partial charge in [0.15, 0.2) is 11.0 Å². The molecule has 0 aliphatic carbocycles. The number of rotatable bonds is 3. The topological polar surface area (TPSA) is 92.1 Å². The molecule has 3 rings (SSSR count). The van der Waals surface area contributed by atoms with Gasteiger partial charge in [-0.05, 0) is 23.2 Å². The van der Waals surface area contributed by atoms with E-state index in [4.69, 9.17) is 23.2 Å². The Kier molecular flexibility index (Phi) is 4.61. The molecule has 2 heterocycles. The number of benzene rings is 1. The van der Waals surface area contributed by atoms with Crippen LogP contribution in [0.4, 0.5) is 9.93 Å². The summed E-state index contributed by atoms with van der Waals surface area (Å²) >= 11 is 12.8. The van der Waals surface area contributed by atoms with E-state index in [-0.39, 0.29) is 21.5 Å². The Morgan fingerprint density at radius 2 is 1.71 bits per heavy atom. The van der Waals surface area contributed by atoms with Gasteiger partial charge in [0, 0.05) is 12.6 Å². The molecule has 122 valence electrons. The molecule has 0 atom stereocenters. The van der Waals surface area contributed by atoms with Crippen molar-refractivity contribution in [1.29, 1.82) is 0 Å². The second-order valence-electron chi connectivity index (χ2n) is 4.58. The van der Waals surface area contributed by atoms with Gasteiger partial charge < -0.3 is 5.11 Å². The first-order valence-corrected chi connectivity index (χ1v) is 8.13. The van der Waals surface area contributed by atoms with Crippen LogP contribution in [0.25, 0.3) is 22.0 Å². The van der Waals surface area contributed by atoms with Crippen LogP contribution in [0.2, 0.25) is 10.6 Å². The van der Waals surface area contributed by atoms with E-state index in [2.05, 4.69) is 19.9 Å². The van der Waals surface area contributed by atoms with Crippen LogP contribution in [0.5, 0.6) is 0 Å². The zero-order chi connectivity index (χ0) is 17.3. The standard InChI is InChI=1S/C14H9Cl2N5O2S/c1-21(14(22)23)13-17-8(7-5-3-2-4-6-7)9(24-13)10-18-11(15)20-12(16)19-10/h2-6H,1H3,(H,22,23). The molecule has 0 unspecified atom stereocenters. The maximum absolute atomic E-state index is 11.2. The van der Waals surface area contributed by atoms with Crippen molar-refractivity contribution in [3.05, 3.63) is 40.9 Å². The summed E-state index contributed by atoms with van der Waals surface area (Å²) in [4.78, 5) is 29.1. The Hall–Kier alpha value is -2.29. The maximum atomic E-state index is 11.2. The van der Waals surface area contributed by atoms with Gasteiger partial charge in [-0.3, -0.25) is 4.90 Å². The molecule has 0 fully saturated rings. The number of carbonyl (C=O) groups is 1. The molecule has 0 radical (unpaired) electrons. The van der Waals surface area contributed by atoms with Crippen LogP contribution < -0.4 is 4.90 Å². The van der Waals surface area contributed by atoms with Gasteiger partial charge in [0.05, 0.1) is 5.69 Å². The molecule has 3 aromatic rings. The summed E-state index contributed by atoms with van der Waals surface area (Å²) in [6.45, 7) is 0. The molecule has 0 aliphatic heterocycles. The van der Waals surface area contributed by atoms with Gasteiger partial charge >= 0.3 is 6.09 Å².